The molecule has 18 heavy (non-hydrogen) atoms. The van der Waals surface area contributed by atoms with E-state index in [-0.39, 0.29) is 0 Å². The molecule has 2 radical (unpaired) electrons. The third-order valence-electron chi connectivity index (χ3n) is 0.585. The van der Waals surface area contributed by atoms with E-state index in [4.69, 9.17) is 34.5 Å². The van der Waals surface area contributed by atoms with Gasteiger partial charge in [0.15, 0.2) is 0 Å². The Hall–Kier alpha value is 0.573. The summed E-state index contributed by atoms with van der Waals surface area (Å²) in [6, 6.07) is 0. The fraction of sp³-hybridized carbons (Fsp3) is 1.00. The summed E-state index contributed by atoms with van der Waals surface area (Å²) in [4.78, 5) is 0. The summed E-state index contributed by atoms with van der Waals surface area (Å²) in [5, 5.41) is 0. The summed E-state index contributed by atoms with van der Waals surface area (Å²) in [5.74, 6) is 0. The number of hydrogen-bond acceptors (Lipinski definition) is 4. The van der Waals surface area contributed by atoms with Crippen LogP contribution in [0.15, 0.2) is 0 Å². The van der Waals surface area contributed by atoms with Gasteiger partial charge >= 0.3 is 63.3 Å². The first-order chi connectivity index (χ1) is 7.50. The number of alkyl halides is 6. The molecule has 0 aromatic carbocycles. The molecule has 0 fully saturated rings. The predicted octanol–water partition coefficient (Wildman–Crippen LogP) is 1.10. The SMILES string of the molecule is O=S(=O)(O)C(F)(F)F.O=S(=O)(O)C(F)(F)F.[Cl][Bi]. The molecule has 6 nitrogen and oxygen atoms in total. The zero-order valence-corrected chi connectivity index (χ0v) is 13.3. The van der Waals surface area contributed by atoms with Gasteiger partial charge in [-0.25, -0.2) is 0 Å². The molecular weight excluding hydrogens is 543 g/mol. The summed E-state index contributed by atoms with van der Waals surface area (Å²) in [6.45, 7) is 0. The van der Waals surface area contributed by atoms with Gasteiger partial charge in [0.2, 0.25) is 0 Å². The van der Waals surface area contributed by atoms with Gasteiger partial charge in [0, 0.05) is 0 Å². The minimum atomic E-state index is -5.84. The van der Waals surface area contributed by atoms with Crippen molar-refractivity contribution >= 4 is 52.3 Å². The standard InChI is InChI=1S/2CHF3O3S.Bi.ClH/c2*2-1(3,4)8(5,6)7;;/h2*(H,5,6,7);;1H/q;;+1;/p-1. The van der Waals surface area contributed by atoms with Crippen LogP contribution < -0.4 is 0 Å². The fourth-order valence-electron chi connectivity index (χ4n) is 0. The molecule has 2 N–H and O–H groups in total. The Kier molecular flexibility index (Phi) is 10.5. The molecule has 0 heterocycles. The molecule has 0 unspecified atom stereocenters. The number of hydrogen-bond donors (Lipinski definition) is 2. The van der Waals surface area contributed by atoms with Crippen molar-refractivity contribution in [2.24, 2.45) is 0 Å². The first-order valence-corrected chi connectivity index (χ1v) is 9.90. The van der Waals surface area contributed by atoms with Crippen molar-refractivity contribution < 1.29 is 52.3 Å². The van der Waals surface area contributed by atoms with Crippen molar-refractivity contribution in [2.45, 2.75) is 11.0 Å². The molecule has 0 bridgehead atoms. The van der Waals surface area contributed by atoms with Gasteiger partial charge in [-0.1, -0.05) is 0 Å². The molecule has 0 aliphatic rings. The quantitative estimate of drug-likeness (QED) is 0.205. The molecule has 112 valence electrons. The average molecular weight is 545 g/mol. The molecule has 0 aromatic heterocycles. The summed E-state index contributed by atoms with van der Waals surface area (Å²) in [5.41, 5.74) is -11.1. The molecule has 16 heteroatoms. The second-order valence-electron chi connectivity index (χ2n) is 1.84. The molecule has 0 spiro atoms. The number of halogens is 7. The van der Waals surface area contributed by atoms with Crippen molar-refractivity contribution in [2.75, 3.05) is 0 Å². The van der Waals surface area contributed by atoms with Crippen molar-refractivity contribution in [3.8, 4) is 0 Å². The van der Waals surface area contributed by atoms with Crippen LogP contribution >= 0.6 is 8.51 Å². The molecule has 0 aromatic rings. The maximum atomic E-state index is 10.7. The first-order valence-electron chi connectivity index (χ1n) is 2.74. The van der Waals surface area contributed by atoms with Gasteiger partial charge in [0.05, 0.1) is 0 Å². The van der Waals surface area contributed by atoms with E-state index in [1.165, 1.54) is 0 Å². The minimum absolute atomic E-state index is 0.917. The van der Waals surface area contributed by atoms with Crippen molar-refractivity contribution in [3.05, 3.63) is 0 Å². The van der Waals surface area contributed by atoms with Crippen LogP contribution in [0.1, 0.15) is 0 Å². The fourth-order valence-corrected chi connectivity index (χ4v) is 0. The topological polar surface area (TPSA) is 109 Å². The Morgan fingerprint density at radius 3 is 0.778 bits per heavy atom. The Morgan fingerprint density at radius 1 is 0.722 bits per heavy atom. The van der Waals surface area contributed by atoms with Crippen molar-refractivity contribution in [1.29, 1.82) is 0 Å². The van der Waals surface area contributed by atoms with Crippen LogP contribution in [0.25, 0.3) is 0 Å². The van der Waals surface area contributed by atoms with E-state index in [2.05, 4.69) is 0 Å². The normalized spacial score (nSPS) is 12.8. The van der Waals surface area contributed by atoms with Crippen LogP contribution in [-0.2, 0) is 20.2 Å². The van der Waals surface area contributed by atoms with Gasteiger partial charge in [-0.2, -0.15) is 43.2 Å². The van der Waals surface area contributed by atoms with E-state index in [1.54, 1.807) is 0 Å². The van der Waals surface area contributed by atoms with Crippen LogP contribution in [0.5, 0.6) is 0 Å². The Labute approximate surface area is 115 Å². The second-order valence-corrected chi connectivity index (χ2v) is 4.67. The van der Waals surface area contributed by atoms with E-state index >= 15 is 0 Å². The Balaban J connectivity index is -0.000000219. The molecule has 0 saturated carbocycles. The third-order valence-corrected chi connectivity index (χ3v) is 1.75. The predicted molar refractivity (Wildman–Crippen MR) is 46.8 cm³/mol. The molecule has 0 saturated heterocycles. The first kappa shape index (κ1) is 23.7. The molecule has 0 atom stereocenters. The van der Waals surface area contributed by atoms with Crippen molar-refractivity contribution in [1.82, 2.24) is 0 Å². The molecule has 0 rings (SSSR count). The van der Waals surface area contributed by atoms with Crippen LogP contribution in [0.2, 0.25) is 0 Å². The van der Waals surface area contributed by atoms with E-state index in [1.807, 2.05) is 0 Å². The van der Waals surface area contributed by atoms with Gasteiger partial charge in [0.1, 0.15) is 0 Å². The Bertz CT molecular complexity index is 380. The van der Waals surface area contributed by atoms with Gasteiger partial charge in [-0.15, -0.1) is 0 Å². The van der Waals surface area contributed by atoms with Crippen LogP contribution in [-0.4, -0.2) is 60.5 Å². The monoisotopic (exact) mass is 544 g/mol. The van der Waals surface area contributed by atoms with E-state index in [9.17, 15) is 26.3 Å². The second kappa shape index (κ2) is 7.99. The maximum absolute atomic E-state index is 10.7. The van der Waals surface area contributed by atoms with Crippen LogP contribution in [0.4, 0.5) is 26.3 Å². The number of rotatable bonds is 0. The average Bonchev–Trinajstić information content (AvgIpc) is 2.01. The molecule has 0 aliphatic carbocycles. The van der Waals surface area contributed by atoms with Crippen LogP contribution in [0.3, 0.4) is 0 Å². The molecular formula is C2H2BiClF6O6S2. The van der Waals surface area contributed by atoms with Gasteiger partial charge in [-0.05, 0) is 0 Å². The van der Waals surface area contributed by atoms with Crippen LogP contribution in [0, 0.1) is 0 Å². The zero-order chi connectivity index (χ0) is 16.0. The van der Waals surface area contributed by atoms with E-state index in [0.717, 1.165) is 23.5 Å². The zero-order valence-electron chi connectivity index (χ0n) is 7.44. The van der Waals surface area contributed by atoms with Gasteiger partial charge in [0.25, 0.3) is 0 Å². The van der Waals surface area contributed by atoms with Gasteiger partial charge in [-0.3, -0.25) is 9.11 Å². The molecule has 0 amide bonds. The summed E-state index contributed by atoms with van der Waals surface area (Å²) in [6.07, 6.45) is 0. The van der Waals surface area contributed by atoms with Crippen molar-refractivity contribution in [3.63, 3.8) is 0 Å². The summed E-state index contributed by atoms with van der Waals surface area (Å²) < 4.78 is 115. The third kappa shape index (κ3) is 11.7. The summed E-state index contributed by atoms with van der Waals surface area (Å²) in [7, 11) is -6.93. The molecule has 0 aliphatic heterocycles. The van der Waals surface area contributed by atoms with E-state index < -0.39 is 31.3 Å². The summed E-state index contributed by atoms with van der Waals surface area (Å²) >= 11 is 0.917. The van der Waals surface area contributed by atoms with Gasteiger partial charge < -0.3 is 0 Å². The Morgan fingerprint density at radius 2 is 0.778 bits per heavy atom. The van der Waals surface area contributed by atoms with E-state index in [0.29, 0.717) is 0 Å².